The predicted molar refractivity (Wildman–Crippen MR) is 84.7 cm³/mol. The largest absolute Gasteiger partial charge is 0.490 e. The van der Waals surface area contributed by atoms with Crippen LogP contribution in [0, 0.1) is 5.82 Å². The molecule has 0 fully saturated rings. The van der Waals surface area contributed by atoms with Crippen molar-refractivity contribution in [1.82, 2.24) is 0 Å². The summed E-state index contributed by atoms with van der Waals surface area (Å²) in [5.41, 5.74) is 6.29. The monoisotopic (exact) mass is 325 g/mol. The van der Waals surface area contributed by atoms with Crippen molar-refractivity contribution in [2.24, 2.45) is 5.73 Å². The van der Waals surface area contributed by atoms with Gasteiger partial charge >= 0.3 is 0 Å². The van der Waals surface area contributed by atoms with Crippen molar-refractivity contribution in [2.75, 3.05) is 13.2 Å². The Balaban J connectivity index is 1.79. The SMILES string of the molecule is NC(=S)c1ccc(OCCOc2ccc(Cl)c(F)c2)cc1. The van der Waals surface area contributed by atoms with Gasteiger partial charge in [-0.3, -0.25) is 0 Å². The van der Waals surface area contributed by atoms with E-state index in [-0.39, 0.29) is 11.6 Å². The number of benzene rings is 2. The third-order valence-electron chi connectivity index (χ3n) is 2.65. The van der Waals surface area contributed by atoms with Crippen molar-refractivity contribution in [3.63, 3.8) is 0 Å². The summed E-state index contributed by atoms with van der Waals surface area (Å²) < 4.78 is 24.0. The van der Waals surface area contributed by atoms with Gasteiger partial charge in [0, 0.05) is 11.6 Å². The second-order valence-electron chi connectivity index (χ2n) is 4.16. The molecule has 0 spiro atoms. The van der Waals surface area contributed by atoms with Gasteiger partial charge in [-0.05, 0) is 36.4 Å². The molecule has 3 nitrogen and oxygen atoms in total. The van der Waals surface area contributed by atoms with Crippen LogP contribution in [0.4, 0.5) is 4.39 Å². The van der Waals surface area contributed by atoms with Crippen LogP contribution in [0.5, 0.6) is 11.5 Å². The van der Waals surface area contributed by atoms with Crippen LogP contribution < -0.4 is 15.2 Å². The molecule has 0 unspecified atom stereocenters. The Kier molecular flexibility index (Phi) is 5.36. The van der Waals surface area contributed by atoms with E-state index < -0.39 is 5.82 Å². The van der Waals surface area contributed by atoms with Crippen LogP contribution in [0.3, 0.4) is 0 Å². The van der Waals surface area contributed by atoms with Gasteiger partial charge in [-0.2, -0.15) is 0 Å². The smallest absolute Gasteiger partial charge is 0.145 e. The third-order valence-corrected chi connectivity index (χ3v) is 3.19. The average molecular weight is 326 g/mol. The number of ether oxygens (including phenoxy) is 2. The summed E-state index contributed by atoms with van der Waals surface area (Å²) in [4.78, 5) is 0.342. The van der Waals surface area contributed by atoms with Gasteiger partial charge in [0.05, 0.1) is 5.02 Å². The van der Waals surface area contributed by atoms with Crippen LogP contribution in [0.15, 0.2) is 42.5 Å². The molecule has 0 saturated carbocycles. The van der Waals surface area contributed by atoms with E-state index >= 15 is 0 Å². The fourth-order valence-electron chi connectivity index (χ4n) is 1.60. The Labute approximate surface area is 132 Å². The molecule has 0 amide bonds. The molecular formula is C15H13ClFNO2S. The van der Waals surface area contributed by atoms with E-state index in [1.165, 1.54) is 12.1 Å². The lowest BCUT2D eigenvalue weighted by molar-refractivity contribution is 0.216. The first-order chi connectivity index (χ1) is 10.1. The van der Waals surface area contributed by atoms with Gasteiger partial charge in [-0.25, -0.2) is 4.39 Å². The van der Waals surface area contributed by atoms with Gasteiger partial charge < -0.3 is 15.2 Å². The van der Waals surface area contributed by atoms with Crippen LogP contribution in [0.1, 0.15) is 5.56 Å². The normalized spacial score (nSPS) is 10.2. The molecule has 2 aromatic rings. The zero-order chi connectivity index (χ0) is 15.2. The molecule has 0 aliphatic carbocycles. The first-order valence-corrected chi connectivity index (χ1v) is 6.95. The first kappa shape index (κ1) is 15.5. The topological polar surface area (TPSA) is 44.5 Å². The molecule has 0 atom stereocenters. The summed E-state index contributed by atoms with van der Waals surface area (Å²) in [6.07, 6.45) is 0. The standard InChI is InChI=1S/C15H13ClFNO2S/c16-13-6-5-12(9-14(13)17)20-8-7-19-11-3-1-10(2-4-11)15(18)21/h1-6,9H,7-8H2,(H2,18,21). The van der Waals surface area contributed by atoms with E-state index in [0.29, 0.717) is 23.1 Å². The first-order valence-electron chi connectivity index (χ1n) is 6.17. The maximum atomic E-state index is 13.2. The Morgan fingerprint density at radius 1 is 1.05 bits per heavy atom. The molecule has 2 aromatic carbocycles. The number of hydrogen-bond donors (Lipinski definition) is 1. The lowest BCUT2D eigenvalue weighted by atomic mass is 10.2. The zero-order valence-electron chi connectivity index (χ0n) is 11.0. The number of halogens is 2. The minimum absolute atomic E-state index is 0.0662. The van der Waals surface area contributed by atoms with Crippen molar-refractivity contribution >= 4 is 28.8 Å². The van der Waals surface area contributed by atoms with Gasteiger partial charge in [0.25, 0.3) is 0 Å². The van der Waals surface area contributed by atoms with E-state index in [9.17, 15) is 4.39 Å². The summed E-state index contributed by atoms with van der Waals surface area (Å²) in [5, 5.41) is 0.0662. The summed E-state index contributed by atoms with van der Waals surface area (Å²) in [7, 11) is 0. The molecule has 0 saturated heterocycles. The van der Waals surface area contributed by atoms with Gasteiger partial charge in [0.15, 0.2) is 0 Å². The fourth-order valence-corrected chi connectivity index (χ4v) is 1.85. The van der Waals surface area contributed by atoms with Crippen LogP contribution in [-0.4, -0.2) is 18.2 Å². The second-order valence-corrected chi connectivity index (χ2v) is 5.01. The lowest BCUT2D eigenvalue weighted by Gasteiger charge is -2.09. The third kappa shape index (κ3) is 4.58. The van der Waals surface area contributed by atoms with Crippen molar-refractivity contribution in [2.45, 2.75) is 0 Å². The van der Waals surface area contributed by atoms with Gasteiger partial charge in [0.1, 0.15) is 35.5 Å². The van der Waals surface area contributed by atoms with Crippen molar-refractivity contribution in [3.05, 3.63) is 58.9 Å². The molecule has 0 aromatic heterocycles. The molecule has 2 rings (SSSR count). The van der Waals surface area contributed by atoms with Crippen molar-refractivity contribution in [3.8, 4) is 11.5 Å². The lowest BCUT2D eigenvalue weighted by Crippen LogP contribution is -2.10. The quantitative estimate of drug-likeness (QED) is 0.651. The highest BCUT2D eigenvalue weighted by Crippen LogP contribution is 2.20. The molecule has 6 heteroatoms. The number of nitrogens with two attached hydrogens (primary N) is 1. The van der Waals surface area contributed by atoms with E-state index in [4.69, 9.17) is 39.0 Å². The van der Waals surface area contributed by atoms with Crippen LogP contribution in [0.2, 0.25) is 5.02 Å². The minimum Gasteiger partial charge on any atom is -0.490 e. The van der Waals surface area contributed by atoms with Gasteiger partial charge in [0.2, 0.25) is 0 Å². The van der Waals surface area contributed by atoms with E-state index in [1.54, 1.807) is 30.3 Å². The zero-order valence-corrected chi connectivity index (χ0v) is 12.6. The molecule has 0 radical (unpaired) electrons. The van der Waals surface area contributed by atoms with Crippen LogP contribution in [-0.2, 0) is 0 Å². The number of hydrogen-bond acceptors (Lipinski definition) is 3. The predicted octanol–water partition coefficient (Wildman–Crippen LogP) is 3.57. The van der Waals surface area contributed by atoms with E-state index in [0.717, 1.165) is 5.56 Å². The maximum Gasteiger partial charge on any atom is 0.145 e. The van der Waals surface area contributed by atoms with Gasteiger partial charge in [-0.1, -0.05) is 23.8 Å². The van der Waals surface area contributed by atoms with Crippen LogP contribution in [0.25, 0.3) is 0 Å². The summed E-state index contributed by atoms with van der Waals surface area (Å²) in [6, 6.07) is 11.4. The number of thiocarbonyl (C=S) groups is 1. The summed E-state index contributed by atoms with van der Waals surface area (Å²) in [6.45, 7) is 0.620. The molecular weight excluding hydrogens is 313 g/mol. The fraction of sp³-hybridized carbons (Fsp3) is 0.133. The Morgan fingerprint density at radius 2 is 1.62 bits per heavy atom. The second kappa shape index (κ2) is 7.24. The number of rotatable bonds is 6. The minimum atomic E-state index is -0.511. The van der Waals surface area contributed by atoms with Crippen molar-refractivity contribution in [1.29, 1.82) is 0 Å². The molecule has 2 N–H and O–H groups in total. The Bertz CT molecular complexity index is 634. The molecule has 0 heterocycles. The highest BCUT2D eigenvalue weighted by molar-refractivity contribution is 7.80. The summed E-state index contributed by atoms with van der Waals surface area (Å²) >= 11 is 10.4. The maximum absolute atomic E-state index is 13.2. The molecule has 110 valence electrons. The Morgan fingerprint density at radius 3 is 2.19 bits per heavy atom. The Hall–Kier alpha value is -1.85. The molecule has 0 aliphatic heterocycles. The molecule has 0 bridgehead atoms. The molecule has 0 aliphatic rings. The van der Waals surface area contributed by atoms with Gasteiger partial charge in [-0.15, -0.1) is 0 Å². The highest BCUT2D eigenvalue weighted by Gasteiger charge is 2.02. The average Bonchev–Trinajstić information content (AvgIpc) is 2.47. The molecule has 21 heavy (non-hydrogen) atoms. The van der Waals surface area contributed by atoms with Crippen molar-refractivity contribution < 1.29 is 13.9 Å². The van der Waals surface area contributed by atoms with E-state index in [1.807, 2.05) is 0 Å². The van der Waals surface area contributed by atoms with Crippen LogP contribution >= 0.6 is 23.8 Å². The van der Waals surface area contributed by atoms with E-state index in [2.05, 4.69) is 0 Å². The highest BCUT2D eigenvalue weighted by atomic mass is 35.5. The summed E-state index contributed by atoms with van der Waals surface area (Å²) in [5.74, 6) is 0.577.